The number of para-hydroxylation sites is 1. The van der Waals surface area contributed by atoms with Gasteiger partial charge in [0, 0.05) is 79.8 Å². The van der Waals surface area contributed by atoms with Gasteiger partial charge in [0.25, 0.3) is 11.3 Å². The number of hydrogen-bond donors (Lipinski definition) is 10. The number of halogens is 2. The van der Waals surface area contributed by atoms with Crippen LogP contribution in [-0.2, 0) is 0 Å². The second-order valence-electron chi connectivity index (χ2n) is 23.2. The number of tetrazole rings is 11. The summed E-state index contributed by atoms with van der Waals surface area (Å²) in [6.07, 6.45) is 8.76. The molecule has 16 heterocycles. The molecule has 0 aliphatic rings. The van der Waals surface area contributed by atoms with Crippen molar-refractivity contribution in [2.75, 3.05) is 0 Å². The van der Waals surface area contributed by atoms with Crippen LogP contribution >= 0.6 is 27.5 Å². The molecule has 0 saturated carbocycles. The van der Waals surface area contributed by atoms with Gasteiger partial charge in [0.1, 0.15) is 5.69 Å². The standard InChI is InChI=1S/C10H7N5.C8H6N8.2C8H6N4O2.C7H5ClN4.C7H6N4.C6H5N5.C5H3BrN4.C5H4N4.C4H4N6O/c1-2-7-6-8(10-12-14-15-13-10)3-4-9(7)11-5-1;1-2-5(7-9-13-14-10-7)4-6(3-1)8-11-15-16-12-8;13-8(14)6-3-1-5(2-4-6)7-9-11-12-10-7;13-8(14)6-3-1-2-5(4-6)7-9-11-12-10-7;8-7-9-10-11-12(7)6-4-2-1-3-5-6;1-2-4-6(5-3-1)7-8-10-11-9-7;1-2-5(4-7-3-1)6-8-10-11-9-6;6-4-1-2-5-7-8-9-10(5)3-4;1-2-4-9-5(3-1)6-7-8-9;1-2-3(11)10-4(6-5-2)7-8-9-10/h1-6H,(H,12,13,14,15);1-4H,(H,9,10,13,14)(H,11,12,15,16);2*1-4H,(H,13,14)(H,9,10,11,12);1-5H;1-5H,(H,8,9,10,11);1-4H,(H,8,9,10,11);1-3H;1-4H;1H3,(H,6,7,9). The molecule has 0 saturated heterocycles. The van der Waals surface area contributed by atoms with E-state index in [1.165, 1.54) is 28.9 Å². The van der Waals surface area contributed by atoms with E-state index < -0.39 is 11.9 Å². The molecule has 10 N–H and O–H groups in total. The van der Waals surface area contributed by atoms with Crippen LogP contribution in [0.2, 0.25) is 5.28 Å². The Morgan fingerprint density at radius 1 is 0.398 bits per heavy atom. The van der Waals surface area contributed by atoms with Crippen molar-refractivity contribution in [3.8, 4) is 85.4 Å². The highest BCUT2D eigenvalue weighted by Crippen LogP contribution is 2.23. The summed E-state index contributed by atoms with van der Waals surface area (Å²) < 4.78 is 6.76. The van der Waals surface area contributed by atoms with E-state index in [1.54, 1.807) is 71.2 Å². The maximum absolute atomic E-state index is 11.1. The minimum Gasteiger partial charge on any atom is -0.478 e. The molecule has 0 radical (unpaired) electrons. The van der Waals surface area contributed by atoms with Gasteiger partial charge >= 0.3 is 11.9 Å². The zero-order chi connectivity index (χ0) is 85.2. The molecule has 55 heteroatoms. The summed E-state index contributed by atoms with van der Waals surface area (Å²) in [5.41, 5.74) is 9.62. The van der Waals surface area contributed by atoms with Crippen LogP contribution < -0.4 is 5.56 Å². The lowest BCUT2D eigenvalue weighted by atomic mass is 10.1. The highest BCUT2D eigenvalue weighted by Gasteiger charge is 2.12. The van der Waals surface area contributed by atoms with Crippen LogP contribution in [-0.4, -0.2) is 267 Å². The zero-order valence-electron chi connectivity index (χ0n) is 62.3. The minimum absolute atomic E-state index is 0.181. The SMILES string of the molecule is Brc1ccc2nnnn2c1.Cc1nnc2nn[nH]n2c1=O.Clc1nnnn1-c1ccccc1.O=C(O)c1ccc(-c2nn[nH]n2)cc1.O=C(O)c1cccc(-c2nn[nH]n2)c1.c1cc(-c2nn[nH]n2)cc(-c2nn[nH]n2)c1.c1ccc(-c2nn[nH]n2)cc1.c1ccn2nnnc2c1.c1cnc2ccc(-c3nn[nH]n3)cc2c1.c1cncc(-c2nn[nH]n2)c1. The Morgan fingerprint density at radius 2 is 0.878 bits per heavy atom. The van der Waals surface area contributed by atoms with Gasteiger partial charge in [0.05, 0.1) is 22.3 Å². The van der Waals surface area contributed by atoms with E-state index >= 15 is 0 Å². The van der Waals surface area contributed by atoms with Crippen molar-refractivity contribution in [3.63, 3.8) is 0 Å². The molecule has 53 nitrogen and oxygen atoms in total. The topological polar surface area (TPSA) is 700 Å². The van der Waals surface area contributed by atoms with Crippen molar-refractivity contribution in [2.24, 2.45) is 0 Å². The number of aromatic nitrogens is 48. The van der Waals surface area contributed by atoms with Gasteiger partial charge in [-0.25, -0.2) is 14.1 Å². The number of aryl methyl sites for hydroxylation is 1. The smallest absolute Gasteiger partial charge is 0.335 e. The molecule has 123 heavy (non-hydrogen) atoms. The second-order valence-corrected chi connectivity index (χ2v) is 24.5. The van der Waals surface area contributed by atoms with Crippen molar-refractivity contribution >= 4 is 67.4 Å². The van der Waals surface area contributed by atoms with E-state index in [4.69, 9.17) is 21.8 Å². The number of nitrogens with one attached hydrogen (secondary N) is 8. The highest BCUT2D eigenvalue weighted by molar-refractivity contribution is 9.10. The monoisotopic (exact) mass is 1730 g/mol. The Bertz CT molecular complexity index is 6770. The molecule has 22 aromatic rings. The number of aromatic amines is 8. The molecule has 0 bridgehead atoms. The number of nitrogens with zero attached hydrogens (tertiary/aromatic N) is 40. The first-order chi connectivity index (χ1) is 60.3. The summed E-state index contributed by atoms with van der Waals surface area (Å²) in [7, 11) is 0. The molecular formula is C68H52BrClN48O5. The van der Waals surface area contributed by atoms with Crippen LogP contribution in [0.15, 0.2) is 247 Å². The van der Waals surface area contributed by atoms with Crippen molar-refractivity contribution < 1.29 is 19.8 Å². The Labute approximate surface area is 695 Å². The van der Waals surface area contributed by atoms with Gasteiger partial charge in [-0.2, -0.15) is 55.4 Å². The molecule has 0 spiro atoms. The molecule has 22 rings (SSSR count). The second kappa shape index (κ2) is 42.2. The van der Waals surface area contributed by atoms with E-state index in [1.807, 2.05) is 158 Å². The first-order valence-electron chi connectivity index (χ1n) is 34.7. The van der Waals surface area contributed by atoms with Crippen molar-refractivity contribution in [1.82, 2.24) is 245 Å². The average Bonchev–Trinajstić information content (AvgIpc) is 1.55. The number of aromatic carboxylic acids is 2. The fourth-order valence-corrected chi connectivity index (χ4v) is 10.2. The van der Waals surface area contributed by atoms with Gasteiger partial charge in [-0.15, -0.1) is 91.8 Å². The molecule has 0 unspecified atom stereocenters. The van der Waals surface area contributed by atoms with Crippen LogP contribution in [0, 0.1) is 6.92 Å². The van der Waals surface area contributed by atoms with Crippen molar-refractivity contribution in [1.29, 1.82) is 0 Å². The van der Waals surface area contributed by atoms with E-state index in [2.05, 4.69) is 243 Å². The minimum atomic E-state index is -0.977. The van der Waals surface area contributed by atoms with Gasteiger partial charge < -0.3 is 10.2 Å². The molecule has 608 valence electrons. The molecule has 6 aromatic carbocycles. The lowest BCUT2D eigenvalue weighted by Crippen LogP contribution is -2.19. The average molecular weight is 1740 g/mol. The quantitative estimate of drug-likeness (QED) is 0.0896. The Kier molecular flexibility index (Phi) is 28.3. The fraction of sp³-hybridized carbons (Fsp3) is 0.0147. The first kappa shape index (κ1) is 82.4. The first-order valence-corrected chi connectivity index (χ1v) is 35.8. The maximum atomic E-state index is 11.1. The number of H-pyrrole nitrogens is 8. The van der Waals surface area contributed by atoms with E-state index in [9.17, 15) is 14.4 Å². The van der Waals surface area contributed by atoms with Crippen molar-refractivity contribution in [2.45, 2.75) is 6.92 Å². The molecule has 16 aromatic heterocycles. The van der Waals surface area contributed by atoms with Crippen molar-refractivity contribution in [3.05, 3.63) is 274 Å². The number of carboxylic acids is 2. The van der Waals surface area contributed by atoms with Crippen LogP contribution in [0.3, 0.4) is 0 Å². The van der Waals surface area contributed by atoms with Crippen LogP contribution in [0.1, 0.15) is 26.4 Å². The van der Waals surface area contributed by atoms with Gasteiger partial charge in [-0.1, -0.05) is 113 Å². The van der Waals surface area contributed by atoms with Crippen LogP contribution in [0.4, 0.5) is 0 Å². The lowest BCUT2D eigenvalue weighted by Gasteiger charge is -1.98. The third-order valence-electron chi connectivity index (χ3n) is 15.3. The van der Waals surface area contributed by atoms with Gasteiger partial charge in [0.15, 0.2) is 11.3 Å². The number of pyridine rings is 4. The van der Waals surface area contributed by atoms with Gasteiger partial charge in [-0.3, -0.25) is 14.8 Å². The van der Waals surface area contributed by atoms with E-state index in [0.29, 0.717) is 52.0 Å². The van der Waals surface area contributed by atoms with Gasteiger partial charge in [-0.05, 0) is 211 Å². The molecule has 0 aliphatic carbocycles. The number of benzene rings is 6. The zero-order valence-corrected chi connectivity index (χ0v) is 64.6. The predicted molar refractivity (Wildman–Crippen MR) is 425 cm³/mol. The molecule has 0 aliphatic heterocycles. The van der Waals surface area contributed by atoms with E-state index in [-0.39, 0.29) is 27.7 Å². The summed E-state index contributed by atoms with van der Waals surface area (Å²) in [6, 6.07) is 62.1. The molecule has 0 atom stereocenters. The molecule has 0 fully saturated rings. The van der Waals surface area contributed by atoms with Gasteiger partial charge in [0.2, 0.25) is 46.1 Å². The molecular weight excluding hydrogens is 1680 g/mol. The normalized spacial score (nSPS) is 10.2. The van der Waals surface area contributed by atoms with Crippen LogP contribution in [0.5, 0.6) is 0 Å². The number of carboxylic acid groups (broad SMARTS) is 2. The summed E-state index contributed by atoms with van der Waals surface area (Å²) >= 11 is 9.00. The van der Waals surface area contributed by atoms with E-state index in [0.717, 1.165) is 70.3 Å². The number of hydrogen-bond acceptors (Lipinski definition) is 39. The highest BCUT2D eigenvalue weighted by atomic mass is 79.9. The van der Waals surface area contributed by atoms with Crippen LogP contribution in [0.25, 0.3) is 113 Å². The third-order valence-corrected chi connectivity index (χ3v) is 16.0. The molecule has 0 amide bonds. The largest absolute Gasteiger partial charge is 0.478 e. The summed E-state index contributed by atoms with van der Waals surface area (Å²) in [5.74, 6) is 1.94. The number of fused-ring (bicyclic) bond motifs is 4. The summed E-state index contributed by atoms with van der Waals surface area (Å²) in [5, 5.41) is 162. The lowest BCUT2D eigenvalue weighted by molar-refractivity contribution is 0.0686. The fourth-order valence-electron chi connectivity index (χ4n) is 9.67. The predicted octanol–water partition coefficient (Wildman–Crippen LogP) is 4.56. The Morgan fingerprint density at radius 3 is 1.41 bits per heavy atom. The third kappa shape index (κ3) is 23.4. The maximum Gasteiger partial charge on any atom is 0.335 e. The Hall–Kier alpha value is -18.5. The Balaban J connectivity index is 0.000000118. The summed E-state index contributed by atoms with van der Waals surface area (Å²) in [6.45, 7) is 1.57. The number of rotatable bonds is 10. The summed E-state index contributed by atoms with van der Waals surface area (Å²) in [4.78, 5) is 40.5. The number of carbonyl (C=O) groups is 2.